The summed E-state index contributed by atoms with van der Waals surface area (Å²) in [4.78, 5) is 38.4. The summed E-state index contributed by atoms with van der Waals surface area (Å²) in [6.45, 7) is 2.00. The van der Waals surface area contributed by atoms with Crippen LogP contribution in [0.1, 0.15) is 11.1 Å². The van der Waals surface area contributed by atoms with E-state index in [1.807, 2.05) is 25.1 Å². The van der Waals surface area contributed by atoms with Crippen molar-refractivity contribution < 1.29 is 23.5 Å². The summed E-state index contributed by atoms with van der Waals surface area (Å²) in [6, 6.07) is 11.6. The molecule has 1 aliphatic heterocycles. The number of hydrogen-bond donors (Lipinski definition) is 1. The second-order valence-electron chi connectivity index (χ2n) is 7.54. The number of halogens is 1. The van der Waals surface area contributed by atoms with Crippen LogP contribution in [0.5, 0.6) is 5.75 Å². The molecule has 0 bridgehead atoms. The molecule has 186 valence electrons. The molecule has 3 aromatic rings. The van der Waals surface area contributed by atoms with Gasteiger partial charge in [0.2, 0.25) is 11.1 Å². The van der Waals surface area contributed by atoms with Crippen LogP contribution in [0.25, 0.3) is 11.8 Å². The van der Waals surface area contributed by atoms with Crippen LogP contribution in [0.4, 0.5) is 9.18 Å². The molecule has 10 nitrogen and oxygen atoms in total. The first-order chi connectivity index (χ1) is 17.4. The lowest BCUT2D eigenvalue weighted by Crippen LogP contribution is -2.37. The molecule has 3 amide bonds. The van der Waals surface area contributed by atoms with Gasteiger partial charge < -0.3 is 10.1 Å². The highest BCUT2D eigenvalue weighted by atomic mass is 32.2. The smallest absolute Gasteiger partial charge is 0.293 e. The number of hydrogen-bond acceptors (Lipinski definition) is 9. The fraction of sp³-hybridized carbons (Fsp3) is 0.217. The van der Waals surface area contributed by atoms with Gasteiger partial charge in [-0.3, -0.25) is 19.3 Å². The number of aromatic nitrogens is 4. The Labute approximate surface area is 214 Å². The molecule has 1 saturated heterocycles. The summed E-state index contributed by atoms with van der Waals surface area (Å²) in [5, 5.41) is 14.3. The Morgan fingerprint density at radius 3 is 2.83 bits per heavy atom. The van der Waals surface area contributed by atoms with Gasteiger partial charge in [0.15, 0.2) is 0 Å². The molecule has 36 heavy (non-hydrogen) atoms. The number of amides is 3. The second kappa shape index (κ2) is 11.4. The number of aryl methyl sites for hydroxylation is 1. The Bertz CT molecular complexity index is 1350. The number of tetrazole rings is 1. The van der Waals surface area contributed by atoms with Gasteiger partial charge in [-0.25, -0.2) is 4.39 Å². The lowest BCUT2D eigenvalue weighted by atomic mass is 10.2. The van der Waals surface area contributed by atoms with Crippen molar-refractivity contribution in [2.45, 2.75) is 12.1 Å². The fourth-order valence-electron chi connectivity index (χ4n) is 3.30. The van der Waals surface area contributed by atoms with E-state index in [-0.39, 0.29) is 35.2 Å². The zero-order valence-electron chi connectivity index (χ0n) is 19.3. The molecule has 13 heteroatoms. The zero-order valence-corrected chi connectivity index (χ0v) is 20.9. The van der Waals surface area contributed by atoms with Crippen molar-refractivity contribution in [2.75, 3.05) is 26.0 Å². The van der Waals surface area contributed by atoms with Crippen molar-refractivity contribution in [1.29, 1.82) is 0 Å². The van der Waals surface area contributed by atoms with Crippen LogP contribution in [-0.4, -0.2) is 68.1 Å². The number of benzene rings is 2. The molecule has 0 aliphatic carbocycles. The Balaban J connectivity index is 1.30. The van der Waals surface area contributed by atoms with Gasteiger partial charge in [-0.15, -0.1) is 5.10 Å². The van der Waals surface area contributed by atoms with Crippen molar-refractivity contribution in [3.05, 3.63) is 64.3 Å². The molecule has 0 saturated carbocycles. The third-order valence-corrected chi connectivity index (χ3v) is 6.89. The first kappa shape index (κ1) is 25.4. The number of nitrogens with zero attached hydrogens (tertiary/aromatic N) is 5. The topological polar surface area (TPSA) is 119 Å². The van der Waals surface area contributed by atoms with Crippen LogP contribution in [-0.2, 0) is 9.59 Å². The minimum atomic E-state index is -0.525. The predicted molar refractivity (Wildman–Crippen MR) is 133 cm³/mol. The normalized spacial score (nSPS) is 14.5. The molecule has 4 rings (SSSR count). The first-order valence-electron chi connectivity index (χ1n) is 10.7. The second-order valence-corrected chi connectivity index (χ2v) is 9.48. The van der Waals surface area contributed by atoms with Crippen LogP contribution in [0.2, 0.25) is 0 Å². The van der Waals surface area contributed by atoms with Crippen LogP contribution >= 0.6 is 23.5 Å². The number of nitrogens with one attached hydrogen (secondary N) is 1. The molecule has 2 heterocycles. The molecule has 0 atom stereocenters. The molecular formula is C23H21FN6O4S2. The number of ether oxygens (including phenoxy) is 1. The summed E-state index contributed by atoms with van der Waals surface area (Å²) in [5.74, 6) is -0.729. The van der Waals surface area contributed by atoms with Crippen LogP contribution < -0.4 is 10.1 Å². The molecule has 0 spiro atoms. The number of methoxy groups -OCH3 is 1. The van der Waals surface area contributed by atoms with E-state index in [0.29, 0.717) is 16.6 Å². The number of rotatable bonds is 9. The van der Waals surface area contributed by atoms with Gasteiger partial charge in [0.1, 0.15) is 17.3 Å². The van der Waals surface area contributed by atoms with E-state index in [0.717, 1.165) is 34.0 Å². The summed E-state index contributed by atoms with van der Waals surface area (Å²) in [7, 11) is 1.55. The first-order valence-corrected chi connectivity index (χ1v) is 12.5. The van der Waals surface area contributed by atoms with Crippen molar-refractivity contribution in [3.8, 4) is 11.4 Å². The van der Waals surface area contributed by atoms with E-state index < -0.39 is 17.0 Å². The fourth-order valence-corrected chi connectivity index (χ4v) is 4.87. The average molecular weight is 529 g/mol. The summed E-state index contributed by atoms with van der Waals surface area (Å²) >= 11 is 1.87. The molecule has 2 aromatic carbocycles. The van der Waals surface area contributed by atoms with Gasteiger partial charge in [0.25, 0.3) is 11.1 Å². The maximum absolute atomic E-state index is 13.9. The molecule has 1 aromatic heterocycles. The number of carbonyl (C=O) groups is 3. The van der Waals surface area contributed by atoms with Crippen molar-refractivity contribution in [2.24, 2.45) is 0 Å². The Hall–Kier alpha value is -3.71. The molecular weight excluding hydrogens is 507 g/mol. The Morgan fingerprint density at radius 2 is 2.06 bits per heavy atom. The van der Waals surface area contributed by atoms with Gasteiger partial charge in [0, 0.05) is 18.7 Å². The standard InChI is InChI=1S/C23H21FN6O4S2/c1-14-7-8-18(34-2)17(11-14)30-22(26-27-28-30)35-13-20(31)25-9-10-29-21(32)19(36-23(29)33)12-15-5-3-4-6-16(15)24/h3-8,11-12H,9-10,13H2,1-2H3,(H,25,31)/b19-12-. The van der Waals surface area contributed by atoms with Crippen molar-refractivity contribution in [1.82, 2.24) is 30.4 Å². The number of carbonyl (C=O) groups excluding carboxylic acids is 3. The van der Waals surface area contributed by atoms with E-state index in [2.05, 4.69) is 20.8 Å². The zero-order chi connectivity index (χ0) is 25.7. The molecule has 1 N–H and O–H groups in total. The quantitative estimate of drug-likeness (QED) is 0.330. The predicted octanol–water partition coefficient (Wildman–Crippen LogP) is 3.06. The third kappa shape index (κ3) is 5.74. The van der Waals surface area contributed by atoms with Crippen LogP contribution in [0, 0.1) is 12.7 Å². The van der Waals surface area contributed by atoms with Gasteiger partial charge in [-0.1, -0.05) is 36.0 Å². The van der Waals surface area contributed by atoms with Gasteiger partial charge in [0.05, 0.1) is 17.8 Å². The SMILES string of the molecule is COc1ccc(C)cc1-n1nnnc1SCC(=O)NCCN1C(=O)S/C(=C\c2ccccc2F)C1=O. The molecule has 0 radical (unpaired) electrons. The summed E-state index contributed by atoms with van der Waals surface area (Å²) in [5.41, 5.74) is 1.86. The largest absolute Gasteiger partial charge is 0.494 e. The van der Waals surface area contributed by atoms with Gasteiger partial charge in [-0.05, 0) is 59.0 Å². The summed E-state index contributed by atoms with van der Waals surface area (Å²) < 4.78 is 20.7. The van der Waals surface area contributed by atoms with Crippen molar-refractivity contribution in [3.63, 3.8) is 0 Å². The van der Waals surface area contributed by atoms with Gasteiger partial charge >= 0.3 is 0 Å². The molecule has 0 unspecified atom stereocenters. The highest BCUT2D eigenvalue weighted by Gasteiger charge is 2.34. The highest BCUT2D eigenvalue weighted by molar-refractivity contribution is 8.18. The van der Waals surface area contributed by atoms with E-state index in [1.165, 1.54) is 22.9 Å². The lowest BCUT2D eigenvalue weighted by Gasteiger charge is -2.13. The molecule has 1 fully saturated rings. The van der Waals surface area contributed by atoms with Gasteiger partial charge in [-0.2, -0.15) is 4.68 Å². The van der Waals surface area contributed by atoms with Crippen LogP contribution in [0.15, 0.2) is 52.5 Å². The maximum atomic E-state index is 13.9. The van der Waals surface area contributed by atoms with E-state index in [9.17, 15) is 18.8 Å². The minimum absolute atomic E-state index is 0.00604. The Kier molecular flexibility index (Phi) is 8.00. The summed E-state index contributed by atoms with van der Waals surface area (Å²) in [6.07, 6.45) is 1.35. The number of imide groups is 1. The maximum Gasteiger partial charge on any atom is 0.293 e. The third-order valence-electron chi connectivity index (χ3n) is 5.06. The monoisotopic (exact) mass is 528 g/mol. The Morgan fingerprint density at radius 1 is 1.25 bits per heavy atom. The highest BCUT2D eigenvalue weighted by Crippen LogP contribution is 2.32. The van der Waals surface area contributed by atoms with E-state index in [1.54, 1.807) is 19.2 Å². The lowest BCUT2D eigenvalue weighted by molar-refractivity contribution is -0.123. The molecule has 1 aliphatic rings. The minimum Gasteiger partial charge on any atom is -0.494 e. The van der Waals surface area contributed by atoms with Crippen LogP contribution in [0.3, 0.4) is 0 Å². The average Bonchev–Trinajstić information content (AvgIpc) is 3.44. The van der Waals surface area contributed by atoms with E-state index >= 15 is 0 Å². The van der Waals surface area contributed by atoms with Crippen molar-refractivity contribution >= 4 is 46.7 Å². The number of thioether (sulfide) groups is 2. The van der Waals surface area contributed by atoms with E-state index in [4.69, 9.17) is 4.74 Å².